The van der Waals surface area contributed by atoms with Crippen LogP contribution in [0.15, 0.2) is 60.7 Å². The molecule has 0 unspecified atom stereocenters. The maximum absolute atomic E-state index is 13.8. The van der Waals surface area contributed by atoms with Crippen molar-refractivity contribution in [2.45, 2.75) is 84.5 Å². The Morgan fingerprint density at radius 2 is 1.47 bits per heavy atom. The molecular formula is C34H45N5O3S. The van der Waals surface area contributed by atoms with Gasteiger partial charge in [0, 0.05) is 11.1 Å². The second-order valence-electron chi connectivity index (χ2n) is 12.4. The minimum atomic E-state index is -0.800. The van der Waals surface area contributed by atoms with Crippen molar-refractivity contribution in [2.24, 2.45) is 11.3 Å². The van der Waals surface area contributed by atoms with Gasteiger partial charge in [0.25, 0.3) is 0 Å². The van der Waals surface area contributed by atoms with Gasteiger partial charge >= 0.3 is 0 Å². The zero-order valence-corrected chi connectivity index (χ0v) is 26.7. The third-order valence-electron chi connectivity index (χ3n) is 8.13. The molecular weight excluding hydrogens is 558 g/mol. The lowest BCUT2D eigenvalue weighted by Gasteiger charge is -2.35. The molecule has 1 saturated carbocycles. The number of nitrogens with one attached hydrogen (secondary N) is 4. The van der Waals surface area contributed by atoms with E-state index in [1.54, 1.807) is 25.3 Å². The number of amides is 3. The van der Waals surface area contributed by atoms with Gasteiger partial charge in [0.05, 0.1) is 23.2 Å². The summed E-state index contributed by atoms with van der Waals surface area (Å²) in [5.41, 5.74) is 2.27. The van der Waals surface area contributed by atoms with Gasteiger partial charge in [0.2, 0.25) is 17.7 Å². The lowest BCUT2D eigenvalue weighted by Crippen LogP contribution is -2.60. The highest BCUT2D eigenvalue weighted by Crippen LogP contribution is 2.34. The molecule has 0 saturated heterocycles. The molecule has 1 heterocycles. The van der Waals surface area contributed by atoms with E-state index in [2.05, 4.69) is 21.3 Å². The van der Waals surface area contributed by atoms with Crippen LogP contribution in [0.4, 0.5) is 0 Å². The highest BCUT2D eigenvalue weighted by Gasteiger charge is 2.38. The van der Waals surface area contributed by atoms with E-state index in [0.717, 1.165) is 58.8 Å². The molecule has 1 aliphatic carbocycles. The fourth-order valence-electron chi connectivity index (χ4n) is 5.45. The normalized spacial score (nSPS) is 16.1. The zero-order valence-electron chi connectivity index (χ0n) is 25.9. The molecule has 4 rings (SSSR count). The number of hydrogen-bond acceptors (Lipinski definition) is 6. The summed E-state index contributed by atoms with van der Waals surface area (Å²) in [5.74, 6) is -0.773. The number of carbonyl (C=O) groups is 3. The second-order valence-corrected chi connectivity index (χ2v) is 13.5. The molecule has 1 aromatic heterocycles. The van der Waals surface area contributed by atoms with Crippen LogP contribution >= 0.6 is 11.3 Å². The van der Waals surface area contributed by atoms with Crippen LogP contribution in [0.3, 0.4) is 0 Å². The minimum absolute atomic E-state index is 0.0347. The van der Waals surface area contributed by atoms with Gasteiger partial charge in [-0.15, -0.1) is 11.3 Å². The molecule has 4 N–H and O–H groups in total. The number of thiazole rings is 1. The molecule has 0 bridgehead atoms. The molecule has 2 aromatic carbocycles. The molecule has 0 spiro atoms. The Bertz CT molecular complexity index is 1360. The number of carbonyl (C=O) groups excluding carboxylic acids is 3. The molecule has 0 radical (unpaired) electrons. The smallest absolute Gasteiger partial charge is 0.243 e. The Hall–Kier alpha value is -3.56. The van der Waals surface area contributed by atoms with Gasteiger partial charge in [-0.1, -0.05) is 101 Å². The van der Waals surface area contributed by atoms with Gasteiger partial charge in [-0.2, -0.15) is 0 Å². The van der Waals surface area contributed by atoms with E-state index in [1.807, 2.05) is 81.4 Å². The summed E-state index contributed by atoms with van der Waals surface area (Å²) >= 11 is 1.55. The summed E-state index contributed by atoms with van der Waals surface area (Å²) in [6.45, 7) is 7.85. The Balaban J connectivity index is 1.54. The molecule has 8 nitrogen and oxygen atoms in total. The second kappa shape index (κ2) is 14.8. The summed E-state index contributed by atoms with van der Waals surface area (Å²) in [6, 6.07) is 18.0. The fraction of sp³-hybridized carbons (Fsp3) is 0.471. The summed E-state index contributed by atoms with van der Waals surface area (Å²) in [7, 11) is 1.72. The summed E-state index contributed by atoms with van der Waals surface area (Å²) < 4.78 is 0. The molecule has 1 aliphatic rings. The fourth-order valence-corrected chi connectivity index (χ4v) is 6.48. The average molecular weight is 604 g/mol. The molecule has 230 valence electrons. The van der Waals surface area contributed by atoms with Crippen LogP contribution in [0.25, 0.3) is 21.8 Å². The van der Waals surface area contributed by atoms with E-state index >= 15 is 0 Å². The third kappa shape index (κ3) is 8.51. The highest BCUT2D eigenvalue weighted by atomic mass is 32.1. The average Bonchev–Trinajstić information content (AvgIpc) is 3.45. The quantitative estimate of drug-likeness (QED) is 0.238. The molecule has 9 heteroatoms. The van der Waals surface area contributed by atoms with E-state index in [4.69, 9.17) is 4.98 Å². The maximum atomic E-state index is 13.8. The predicted octanol–water partition coefficient (Wildman–Crippen LogP) is 5.30. The van der Waals surface area contributed by atoms with Crippen LogP contribution in [0.2, 0.25) is 0 Å². The number of rotatable bonds is 11. The van der Waals surface area contributed by atoms with E-state index in [1.165, 1.54) is 0 Å². The predicted molar refractivity (Wildman–Crippen MR) is 173 cm³/mol. The van der Waals surface area contributed by atoms with Crippen molar-refractivity contribution >= 4 is 29.1 Å². The first-order valence-electron chi connectivity index (χ1n) is 15.2. The number of aromatic nitrogens is 1. The first-order valence-corrected chi connectivity index (χ1v) is 16.1. The van der Waals surface area contributed by atoms with Crippen LogP contribution in [0.1, 0.15) is 64.7 Å². The number of hydrogen-bond donors (Lipinski definition) is 4. The SMILES string of the molecule is CN[C@@H](C)C(=O)N[C@H](C(=O)N[C@H](C(=O)NCc1sc(-c2ccccc2)nc1-c1ccccc1)C(C)(C)C)C1CCCCC1. The van der Waals surface area contributed by atoms with Crippen LogP contribution in [-0.2, 0) is 20.9 Å². The highest BCUT2D eigenvalue weighted by molar-refractivity contribution is 7.15. The maximum Gasteiger partial charge on any atom is 0.243 e. The van der Waals surface area contributed by atoms with Crippen LogP contribution < -0.4 is 21.3 Å². The number of nitrogens with zero attached hydrogens (tertiary/aromatic N) is 1. The summed E-state index contributed by atoms with van der Waals surface area (Å²) in [6.07, 6.45) is 4.93. The third-order valence-corrected chi connectivity index (χ3v) is 9.24. The molecule has 3 atom stereocenters. The van der Waals surface area contributed by atoms with Gasteiger partial charge in [0.1, 0.15) is 17.1 Å². The molecule has 1 fully saturated rings. The van der Waals surface area contributed by atoms with Gasteiger partial charge in [-0.3, -0.25) is 14.4 Å². The van der Waals surface area contributed by atoms with E-state index in [9.17, 15) is 14.4 Å². The van der Waals surface area contributed by atoms with E-state index < -0.39 is 23.5 Å². The van der Waals surface area contributed by atoms with E-state index in [-0.39, 0.29) is 30.2 Å². The standard InChI is InChI=1S/C34H45N5O3S/c1-22(35-5)30(40)37-28(24-17-11-7-12-18-24)31(41)39-29(34(2,3)4)32(42)36-21-26-27(23-15-9-6-10-16-23)38-33(43-26)25-19-13-8-14-20-25/h6,8-10,13-16,19-20,22,24,28-29,35H,7,11-12,17-18,21H2,1-5H3,(H,36,42)(H,37,40)(H,39,41)/t22-,28-,29+/m0/s1. The monoisotopic (exact) mass is 603 g/mol. The summed E-state index contributed by atoms with van der Waals surface area (Å²) in [4.78, 5) is 46.3. The lowest BCUT2D eigenvalue weighted by molar-refractivity contribution is -0.135. The van der Waals surface area contributed by atoms with E-state index in [0.29, 0.717) is 0 Å². The van der Waals surface area contributed by atoms with Crippen LogP contribution in [0, 0.1) is 11.3 Å². The largest absolute Gasteiger partial charge is 0.349 e. The summed E-state index contributed by atoms with van der Waals surface area (Å²) in [5, 5.41) is 12.9. The molecule has 43 heavy (non-hydrogen) atoms. The van der Waals surface area contributed by atoms with Gasteiger partial charge in [-0.05, 0) is 38.1 Å². The molecule has 3 amide bonds. The number of likely N-dealkylation sites (N-methyl/N-ethyl adjacent to an activating group) is 1. The van der Waals surface area contributed by atoms with Gasteiger partial charge < -0.3 is 21.3 Å². The Morgan fingerprint density at radius 1 is 0.860 bits per heavy atom. The Kier molecular flexibility index (Phi) is 11.1. The van der Waals surface area contributed by atoms with Crippen molar-refractivity contribution in [3.63, 3.8) is 0 Å². The van der Waals surface area contributed by atoms with Crippen LogP contribution in [0.5, 0.6) is 0 Å². The minimum Gasteiger partial charge on any atom is -0.349 e. The van der Waals surface area contributed by atoms with Gasteiger partial charge in [-0.25, -0.2) is 4.98 Å². The van der Waals surface area contributed by atoms with Crippen molar-refractivity contribution in [3.05, 3.63) is 65.5 Å². The van der Waals surface area contributed by atoms with Crippen molar-refractivity contribution in [2.75, 3.05) is 7.05 Å². The van der Waals surface area contributed by atoms with Crippen molar-refractivity contribution in [1.82, 2.24) is 26.3 Å². The first kappa shape index (κ1) is 32.4. The topological polar surface area (TPSA) is 112 Å². The Morgan fingerprint density at radius 3 is 2.05 bits per heavy atom. The van der Waals surface area contributed by atoms with Gasteiger partial charge in [0.15, 0.2) is 0 Å². The lowest BCUT2D eigenvalue weighted by atomic mass is 9.82. The molecule has 0 aliphatic heterocycles. The van der Waals surface area contributed by atoms with Crippen molar-refractivity contribution in [1.29, 1.82) is 0 Å². The van der Waals surface area contributed by atoms with Crippen LogP contribution in [-0.4, -0.2) is 47.9 Å². The number of benzene rings is 2. The first-order chi connectivity index (χ1) is 20.6. The Labute approximate surface area is 259 Å². The zero-order chi connectivity index (χ0) is 31.0. The van der Waals surface area contributed by atoms with Crippen molar-refractivity contribution in [3.8, 4) is 21.8 Å². The van der Waals surface area contributed by atoms with Crippen molar-refractivity contribution < 1.29 is 14.4 Å². The molecule has 3 aromatic rings.